The van der Waals surface area contributed by atoms with E-state index in [0.717, 1.165) is 51.4 Å². The van der Waals surface area contributed by atoms with Crippen LogP contribution in [0.5, 0.6) is 0 Å². The Labute approximate surface area is 419 Å². The average molecular weight is 951 g/mol. The van der Waals surface area contributed by atoms with Crippen LogP contribution in [0.1, 0.15) is 230 Å². The lowest BCUT2D eigenvalue weighted by molar-refractivity contribution is -0.420. The lowest BCUT2D eigenvalue weighted by Crippen LogP contribution is -2.25. The molecule has 69 heavy (non-hydrogen) atoms. The van der Waals surface area contributed by atoms with E-state index in [1.807, 2.05) is 12.1 Å². The molecule has 0 amide bonds. The maximum absolute atomic E-state index is 13.4. The molecule has 0 radical (unpaired) electrons. The highest BCUT2D eigenvalue weighted by atomic mass is 32.1. The maximum atomic E-state index is 13.4. The molecule has 7 rings (SSSR count). The molecule has 0 N–H and O–H groups in total. The van der Waals surface area contributed by atoms with Crippen molar-refractivity contribution in [1.82, 2.24) is 0 Å². The summed E-state index contributed by atoms with van der Waals surface area (Å²) in [7, 11) is 0. The number of nitrogens with zero attached hydrogens (tertiary/aromatic N) is 2. The van der Waals surface area contributed by atoms with Crippen molar-refractivity contribution in [1.29, 1.82) is 0 Å². The third-order valence-corrected chi connectivity index (χ3v) is 17.4. The van der Waals surface area contributed by atoms with Gasteiger partial charge in [0.25, 0.3) is 0 Å². The number of unbranched alkanes of at least 4 members (excludes halogenated alkanes) is 20. The fourth-order valence-electron chi connectivity index (χ4n) is 12.5. The van der Waals surface area contributed by atoms with E-state index in [1.54, 1.807) is 0 Å². The minimum atomic E-state index is -0.486. The molecule has 0 spiro atoms. The molecule has 0 fully saturated rings. The van der Waals surface area contributed by atoms with E-state index < -0.39 is 9.85 Å². The van der Waals surface area contributed by atoms with Crippen LogP contribution in [-0.4, -0.2) is 9.85 Å². The van der Waals surface area contributed by atoms with Gasteiger partial charge in [-0.2, -0.15) is 0 Å². The van der Waals surface area contributed by atoms with E-state index in [4.69, 9.17) is 0 Å². The Morgan fingerprint density at radius 2 is 0.667 bits per heavy atom. The van der Waals surface area contributed by atoms with Crippen LogP contribution < -0.4 is 0 Å². The molecule has 0 saturated carbocycles. The van der Waals surface area contributed by atoms with Crippen molar-refractivity contribution in [3.05, 3.63) is 127 Å². The van der Waals surface area contributed by atoms with Gasteiger partial charge in [-0.05, 0) is 93.5 Å². The van der Waals surface area contributed by atoms with Crippen molar-refractivity contribution in [2.24, 2.45) is 0 Å². The largest absolute Gasteiger partial charge is 0.365 e. The lowest BCUT2D eigenvalue weighted by atomic mass is 9.70. The van der Waals surface area contributed by atoms with E-state index in [9.17, 15) is 20.2 Å². The smallest absolute Gasteiger partial charge is 0.258 e. The number of thiophene rings is 1. The van der Waals surface area contributed by atoms with Gasteiger partial charge in [-0.1, -0.05) is 255 Å². The van der Waals surface area contributed by atoms with Crippen molar-refractivity contribution in [2.45, 2.75) is 218 Å². The van der Waals surface area contributed by atoms with Crippen LogP contribution in [0.4, 0.5) is 11.4 Å². The van der Waals surface area contributed by atoms with Gasteiger partial charge in [-0.15, -0.1) is 11.3 Å². The van der Waals surface area contributed by atoms with Crippen LogP contribution in [0.15, 0.2) is 84.9 Å². The Hall–Kier alpha value is -4.62. The normalized spacial score (nSPS) is 13.9. The summed E-state index contributed by atoms with van der Waals surface area (Å²) in [6, 6.07) is 30.5. The fraction of sp³-hybridized carbons (Fsp3) is 0.548. The summed E-state index contributed by atoms with van der Waals surface area (Å²) in [6.45, 7) is 9.06. The van der Waals surface area contributed by atoms with Crippen molar-refractivity contribution in [2.75, 3.05) is 0 Å². The molecule has 1 heterocycles. The molecule has 2 aliphatic rings. The average Bonchev–Trinajstić information content (AvgIpc) is 3.99. The highest BCUT2D eigenvalue weighted by molar-refractivity contribution is 7.20. The first kappa shape index (κ1) is 52.2. The van der Waals surface area contributed by atoms with Crippen LogP contribution in [-0.2, 0) is 10.8 Å². The zero-order valence-electron chi connectivity index (χ0n) is 42.8. The predicted molar refractivity (Wildman–Crippen MR) is 293 cm³/mol. The topological polar surface area (TPSA) is 86.3 Å². The summed E-state index contributed by atoms with van der Waals surface area (Å²) in [4.78, 5) is 26.5. The Balaban J connectivity index is 1.32. The maximum Gasteiger partial charge on any atom is 0.365 e. The first-order valence-electron chi connectivity index (χ1n) is 27.7. The summed E-state index contributed by atoms with van der Waals surface area (Å²) in [6.07, 6.45) is 33.3. The summed E-state index contributed by atoms with van der Waals surface area (Å²) in [5, 5.41) is 26.8. The molecule has 7 heteroatoms. The van der Waals surface area contributed by atoms with Crippen molar-refractivity contribution in [3.8, 4) is 43.1 Å². The minimum Gasteiger partial charge on any atom is -0.258 e. The van der Waals surface area contributed by atoms with Gasteiger partial charge in [0.2, 0.25) is 0 Å². The number of hydrogen-bond donors (Lipinski definition) is 0. The summed E-state index contributed by atoms with van der Waals surface area (Å²) in [5.74, 6) is 0. The number of rotatable bonds is 32. The number of hydrogen-bond acceptors (Lipinski definition) is 5. The van der Waals surface area contributed by atoms with Crippen LogP contribution in [0.2, 0.25) is 0 Å². The SMILES string of the molecule is CCCCCCCCC1(CCCCCCCC)c2ccccc2-c2ccc(-c3sc(-c4ccc5c(c4)C(CCCCCCCC)(CCCCCCCC)c4ccccc4-5)c([N+](=O)[O-])c3[N+](=O)[O-])cc21. The molecule has 0 unspecified atom stereocenters. The Morgan fingerprint density at radius 3 is 0.986 bits per heavy atom. The van der Waals surface area contributed by atoms with Gasteiger partial charge in [0.05, 0.1) is 9.85 Å². The quantitative estimate of drug-likeness (QED) is 0.0244. The first-order valence-corrected chi connectivity index (χ1v) is 28.5. The summed E-state index contributed by atoms with van der Waals surface area (Å²) < 4.78 is 0. The molecular formula is C62H82N2O4S. The highest BCUT2D eigenvalue weighted by Crippen LogP contribution is 2.59. The van der Waals surface area contributed by atoms with E-state index >= 15 is 0 Å². The highest BCUT2D eigenvalue weighted by Gasteiger charge is 2.46. The molecule has 0 atom stereocenters. The Bertz CT molecular complexity index is 2270. The molecular weight excluding hydrogens is 869 g/mol. The zero-order chi connectivity index (χ0) is 48.6. The summed E-state index contributed by atoms with van der Waals surface area (Å²) in [5.41, 5.74) is 10.3. The van der Waals surface area contributed by atoms with E-state index in [0.29, 0.717) is 20.9 Å². The third-order valence-electron chi connectivity index (χ3n) is 16.1. The van der Waals surface area contributed by atoms with Crippen molar-refractivity contribution >= 4 is 22.7 Å². The summed E-state index contributed by atoms with van der Waals surface area (Å²) >= 11 is 1.24. The van der Waals surface area contributed by atoms with E-state index in [1.165, 1.54) is 184 Å². The zero-order valence-corrected chi connectivity index (χ0v) is 43.6. The molecule has 2 aliphatic carbocycles. The van der Waals surface area contributed by atoms with Gasteiger partial charge in [-0.3, -0.25) is 20.2 Å². The molecule has 0 saturated heterocycles. The monoisotopic (exact) mass is 951 g/mol. The standard InChI is InChI=1S/C62H82N2O4S/c1-5-9-13-17-21-29-41-61(42-30-22-18-14-10-6-2)53-35-27-25-33-49(53)51-39-37-47(45-55(51)61)59-57(63(65)66)58(64(67)68)60(69-59)48-38-40-52-50-34-26-28-36-54(50)62(56(52)46-48,43-31-23-19-15-11-7-3)44-32-24-20-16-12-8-4/h25-28,33-40,45-46H,5-24,29-32,41-44H2,1-4H3. The minimum absolute atomic E-state index is 0.220. The van der Waals surface area contributed by atoms with E-state index in [2.05, 4.69) is 100 Å². The molecule has 6 nitrogen and oxygen atoms in total. The second-order valence-electron chi connectivity index (χ2n) is 20.8. The van der Waals surface area contributed by atoms with Gasteiger partial charge >= 0.3 is 11.4 Å². The van der Waals surface area contributed by atoms with Gasteiger partial charge in [0.15, 0.2) is 0 Å². The number of benzene rings is 4. The molecule has 5 aromatic rings. The van der Waals surface area contributed by atoms with Crippen molar-refractivity contribution < 1.29 is 9.85 Å². The van der Waals surface area contributed by atoms with Crippen LogP contribution in [0.3, 0.4) is 0 Å². The van der Waals surface area contributed by atoms with Crippen LogP contribution in [0.25, 0.3) is 43.1 Å². The lowest BCUT2D eigenvalue weighted by Gasteiger charge is -2.33. The van der Waals surface area contributed by atoms with E-state index in [-0.39, 0.29) is 22.2 Å². The predicted octanol–water partition coefficient (Wildman–Crippen LogP) is 20.4. The van der Waals surface area contributed by atoms with Gasteiger partial charge in [0.1, 0.15) is 9.75 Å². The molecule has 0 aliphatic heterocycles. The number of fused-ring (bicyclic) bond motifs is 6. The Kier molecular flexibility index (Phi) is 19.3. The van der Waals surface area contributed by atoms with Gasteiger partial charge in [-0.25, -0.2) is 0 Å². The van der Waals surface area contributed by atoms with Gasteiger partial charge in [0, 0.05) is 10.8 Å². The van der Waals surface area contributed by atoms with Crippen LogP contribution >= 0.6 is 11.3 Å². The molecule has 0 bridgehead atoms. The fourth-order valence-corrected chi connectivity index (χ4v) is 13.7. The Morgan fingerprint density at radius 1 is 0.377 bits per heavy atom. The molecule has 1 aromatic heterocycles. The number of nitro groups is 2. The molecule has 4 aromatic carbocycles. The third kappa shape index (κ3) is 11.6. The second-order valence-corrected chi connectivity index (χ2v) is 21.8. The first-order chi connectivity index (χ1) is 33.8. The van der Waals surface area contributed by atoms with Crippen LogP contribution in [0, 0.1) is 20.2 Å². The second kappa shape index (κ2) is 25.5. The van der Waals surface area contributed by atoms with Crippen molar-refractivity contribution in [3.63, 3.8) is 0 Å². The molecule has 370 valence electrons. The van der Waals surface area contributed by atoms with Gasteiger partial charge < -0.3 is 0 Å².